The molecule has 0 saturated carbocycles. The van der Waals surface area contributed by atoms with E-state index >= 15 is 0 Å². The second-order valence-corrected chi connectivity index (χ2v) is 5.75. The third-order valence-corrected chi connectivity index (χ3v) is 3.99. The summed E-state index contributed by atoms with van der Waals surface area (Å²) < 4.78 is 4.77. The summed E-state index contributed by atoms with van der Waals surface area (Å²) in [5, 5.41) is 0. The van der Waals surface area contributed by atoms with Gasteiger partial charge in [-0.25, -0.2) is 4.79 Å². The van der Waals surface area contributed by atoms with Gasteiger partial charge in [-0.2, -0.15) is 0 Å². The smallest absolute Gasteiger partial charge is 0.354 e. The highest BCUT2D eigenvalue weighted by Crippen LogP contribution is 2.21. The second-order valence-electron chi connectivity index (χ2n) is 5.75. The van der Waals surface area contributed by atoms with Gasteiger partial charge in [0.1, 0.15) is 5.69 Å². The number of aryl methyl sites for hydroxylation is 2. The number of amides is 1. The molecule has 5 heteroatoms. The molecular weight excluding hydrogens is 292 g/mol. The molecule has 1 amide bonds. The average Bonchev–Trinajstić information content (AvgIpc) is 2.81. The maximum Gasteiger partial charge on any atom is 0.354 e. The van der Waals surface area contributed by atoms with Gasteiger partial charge in [0.05, 0.1) is 7.11 Å². The van der Waals surface area contributed by atoms with Gasteiger partial charge in [-0.1, -0.05) is 17.7 Å². The zero-order valence-electron chi connectivity index (χ0n) is 14.2. The van der Waals surface area contributed by atoms with Gasteiger partial charge in [0.15, 0.2) is 0 Å². The number of hydrogen-bond acceptors (Lipinski definition) is 3. The van der Waals surface area contributed by atoms with Crippen molar-refractivity contribution in [3.63, 3.8) is 0 Å². The van der Waals surface area contributed by atoms with Crippen LogP contribution in [0, 0.1) is 20.8 Å². The van der Waals surface area contributed by atoms with E-state index in [9.17, 15) is 9.59 Å². The highest BCUT2D eigenvalue weighted by molar-refractivity contribution is 5.94. The van der Waals surface area contributed by atoms with Crippen LogP contribution >= 0.6 is 0 Å². The molecule has 0 bridgehead atoms. The Balaban J connectivity index is 2.23. The van der Waals surface area contributed by atoms with Crippen molar-refractivity contribution in [1.29, 1.82) is 0 Å². The molecule has 1 N–H and O–H groups in total. The van der Waals surface area contributed by atoms with E-state index in [0.717, 1.165) is 22.4 Å². The van der Waals surface area contributed by atoms with E-state index < -0.39 is 5.97 Å². The van der Waals surface area contributed by atoms with Crippen LogP contribution in [0.3, 0.4) is 0 Å². The van der Waals surface area contributed by atoms with Crippen LogP contribution in [0.1, 0.15) is 43.2 Å². The van der Waals surface area contributed by atoms with Gasteiger partial charge in [-0.05, 0) is 44.0 Å². The summed E-state index contributed by atoms with van der Waals surface area (Å²) in [5.41, 5.74) is 4.77. The lowest BCUT2D eigenvalue weighted by molar-refractivity contribution is 0.0593. The van der Waals surface area contributed by atoms with E-state index in [1.54, 1.807) is 11.9 Å². The third kappa shape index (κ3) is 3.44. The van der Waals surface area contributed by atoms with Crippen molar-refractivity contribution in [2.75, 3.05) is 14.2 Å². The molecule has 0 aliphatic heterocycles. The summed E-state index contributed by atoms with van der Waals surface area (Å²) in [6.07, 6.45) is 0. The fourth-order valence-electron chi connectivity index (χ4n) is 2.64. The lowest BCUT2D eigenvalue weighted by Gasteiger charge is -2.18. The number of esters is 1. The lowest BCUT2D eigenvalue weighted by atomic mass is 10.1. The first kappa shape index (κ1) is 16.8. The van der Waals surface area contributed by atoms with E-state index in [4.69, 9.17) is 4.74 Å². The van der Waals surface area contributed by atoms with Crippen LogP contribution in [0.15, 0.2) is 24.3 Å². The normalized spacial score (nSPS) is 10.5. The van der Waals surface area contributed by atoms with Crippen LogP contribution in [0.25, 0.3) is 0 Å². The summed E-state index contributed by atoms with van der Waals surface area (Å²) >= 11 is 0. The van der Waals surface area contributed by atoms with Crippen LogP contribution in [0.2, 0.25) is 0 Å². The largest absolute Gasteiger partial charge is 0.464 e. The van der Waals surface area contributed by atoms with Crippen molar-refractivity contribution >= 4 is 11.9 Å². The Kier molecular flexibility index (Phi) is 4.89. The molecule has 1 heterocycles. The zero-order chi connectivity index (χ0) is 17.1. The minimum atomic E-state index is -0.399. The zero-order valence-corrected chi connectivity index (χ0v) is 14.2. The number of aromatic amines is 1. The maximum atomic E-state index is 12.5. The van der Waals surface area contributed by atoms with Gasteiger partial charge in [-0.3, -0.25) is 4.79 Å². The number of rotatable bonds is 4. The van der Waals surface area contributed by atoms with E-state index in [2.05, 4.69) is 4.98 Å². The van der Waals surface area contributed by atoms with Gasteiger partial charge in [-0.15, -0.1) is 0 Å². The lowest BCUT2D eigenvalue weighted by Crippen LogP contribution is -2.26. The summed E-state index contributed by atoms with van der Waals surface area (Å²) in [5.74, 6) is -0.446. The van der Waals surface area contributed by atoms with E-state index in [-0.39, 0.29) is 5.91 Å². The Bertz CT molecular complexity index is 747. The van der Waals surface area contributed by atoms with Crippen LogP contribution in [-0.2, 0) is 11.3 Å². The summed E-state index contributed by atoms with van der Waals surface area (Å²) in [7, 11) is 3.11. The predicted molar refractivity (Wildman–Crippen MR) is 88.6 cm³/mol. The molecule has 0 spiro atoms. The molecule has 0 atom stereocenters. The van der Waals surface area contributed by atoms with Gasteiger partial charge in [0, 0.05) is 24.8 Å². The van der Waals surface area contributed by atoms with Crippen molar-refractivity contribution in [3.8, 4) is 0 Å². The number of H-pyrrole nitrogens is 1. The number of hydrogen-bond donors (Lipinski definition) is 1. The van der Waals surface area contributed by atoms with Crippen LogP contribution < -0.4 is 0 Å². The van der Waals surface area contributed by atoms with Crippen molar-refractivity contribution < 1.29 is 14.3 Å². The number of benzene rings is 1. The molecule has 23 heavy (non-hydrogen) atoms. The molecule has 0 aliphatic rings. The maximum absolute atomic E-state index is 12.5. The third-order valence-electron chi connectivity index (χ3n) is 3.99. The fraction of sp³-hybridized carbons (Fsp3) is 0.333. The molecule has 0 radical (unpaired) electrons. The van der Waals surface area contributed by atoms with Gasteiger partial charge in [0.2, 0.25) is 0 Å². The standard InChI is InChI=1S/C18H22N2O3/c1-11-7-6-8-14(9-11)17(21)20(4)10-15-12(2)16(18(22)23-5)19-13(15)3/h6-9,19H,10H2,1-5H3. The summed E-state index contributed by atoms with van der Waals surface area (Å²) in [4.78, 5) is 29.0. The topological polar surface area (TPSA) is 62.4 Å². The minimum Gasteiger partial charge on any atom is -0.464 e. The number of carbonyl (C=O) groups is 2. The summed E-state index contributed by atoms with van der Waals surface area (Å²) in [6, 6.07) is 7.51. The molecule has 2 rings (SSSR count). The summed E-state index contributed by atoms with van der Waals surface area (Å²) in [6.45, 7) is 6.13. The second kappa shape index (κ2) is 6.69. The molecule has 0 aliphatic carbocycles. The van der Waals surface area contributed by atoms with E-state index in [1.807, 2.05) is 45.0 Å². The SMILES string of the molecule is COC(=O)c1[nH]c(C)c(CN(C)C(=O)c2cccc(C)c2)c1C. The highest BCUT2D eigenvalue weighted by atomic mass is 16.5. The van der Waals surface area contributed by atoms with E-state index in [0.29, 0.717) is 17.8 Å². The number of nitrogens with zero attached hydrogens (tertiary/aromatic N) is 1. The van der Waals surface area contributed by atoms with Gasteiger partial charge >= 0.3 is 5.97 Å². The first-order valence-corrected chi connectivity index (χ1v) is 7.43. The molecule has 0 fully saturated rings. The van der Waals surface area contributed by atoms with Crippen LogP contribution in [0.5, 0.6) is 0 Å². The number of nitrogens with one attached hydrogen (secondary N) is 1. The minimum absolute atomic E-state index is 0.0479. The highest BCUT2D eigenvalue weighted by Gasteiger charge is 2.20. The van der Waals surface area contributed by atoms with Gasteiger partial charge in [0.25, 0.3) is 5.91 Å². The van der Waals surface area contributed by atoms with E-state index in [1.165, 1.54) is 7.11 Å². The molecule has 0 unspecified atom stereocenters. The molecular formula is C18H22N2O3. The Morgan fingerprint density at radius 3 is 2.52 bits per heavy atom. The van der Waals surface area contributed by atoms with Crippen LogP contribution in [0.4, 0.5) is 0 Å². The van der Waals surface area contributed by atoms with Crippen molar-refractivity contribution in [3.05, 3.63) is 57.9 Å². The first-order chi connectivity index (χ1) is 10.8. The number of ether oxygens (including phenoxy) is 1. The number of aromatic nitrogens is 1. The Labute approximate surface area is 136 Å². The van der Waals surface area contributed by atoms with Crippen molar-refractivity contribution in [2.24, 2.45) is 0 Å². The van der Waals surface area contributed by atoms with Gasteiger partial charge < -0.3 is 14.6 Å². The Hall–Kier alpha value is -2.56. The fourth-order valence-corrected chi connectivity index (χ4v) is 2.64. The molecule has 2 aromatic rings. The molecule has 5 nitrogen and oxygen atoms in total. The number of methoxy groups -OCH3 is 1. The quantitative estimate of drug-likeness (QED) is 0.882. The molecule has 122 valence electrons. The molecule has 1 aromatic carbocycles. The first-order valence-electron chi connectivity index (χ1n) is 7.43. The Morgan fingerprint density at radius 1 is 1.22 bits per heavy atom. The average molecular weight is 314 g/mol. The van der Waals surface area contributed by atoms with Crippen molar-refractivity contribution in [2.45, 2.75) is 27.3 Å². The monoisotopic (exact) mass is 314 g/mol. The molecule has 0 saturated heterocycles. The predicted octanol–water partition coefficient (Wildman–Crippen LogP) is 3.00. The van der Waals surface area contributed by atoms with Crippen LogP contribution in [-0.4, -0.2) is 35.9 Å². The molecule has 1 aromatic heterocycles. The Morgan fingerprint density at radius 2 is 1.91 bits per heavy atom. The number of carbonyl (C=O) groups excluding carboxylic acids is 2. The van der Waals surface area contributed by atoms with Crippen molar-refractivity contribution in [1.82, 2.24) is 9.88 Å².